The molecule has 4 N–H and O–H groups in total. The number of thiocarbonyl (C=S) groups is 2. The quantitative estimate of drug-likeness (QED) is 0.495. The molecule has 0 unspecified atom stereocenters. The Labute approximate surface area is 124 Å². The van der Waals surface area contributed by atoms with Crippen molar-refractivity contribution in [1.29, 1.82) is 0 Å². The molecule has 0 atom stereocenters. The van der Waals surface area contributed by atoms with Crippen LogP contribution < -0.4 is 21.5 Å². The van der Waals surface area contributed by atoms with Gasteiger partial charge in [0.05, 0.1) is 0 Å². The highest BCUT2D eigenvalue weighted by Crippen LogP contribution is 2.19. The molecule has 2 rings (SSSR count). The van der Waals surface area contributed by atoms with Crippen molar-refractivity contribution in [1.82, 2.24) is 16.2 Å². The molecule has 0 aromatic heterocycles. The van der Waals surface area contributed by atoms with Gasteiger partial charge in [0.15, 0.2) is 10.2 Å². The lowest BCUT2D eigenvalue weighted by Crippen LogP contribution is -2.48. The summed E-state index contributed by atoms with van der Waals surface area (Å²) in [5.41, 5.74) is 9.11. The van der Waals surface area contributed by atoms with Gasteiger partial charge in [0.2, 0.25) is 0 Å². The molecule has 0 aliphatic heterocycles. The number of aryl methyl sites for hydroxylation is 2. The van der Waals surface area contributed by atoms with E-state index in [2.05, 4.69) is 21.5 Å². The summed E-state index contributed by atoms with van der Waals surface area (Å²) >= 11 is 10.4. The third kappa shape index (κ3) is 4.33. The zero-order chi connectivity index (χ0) is 13.8. The number of nitrogens with one attached hydrogen (secondary N) is 4. The molecule has 0 heterocycles. The minimum atomic E-state index is 0.498. The first kappa shape index (κ1) is 14.0. The Bertz CT molecular complexity index is 477. The number of para-hydroxylation sites is 1. The molecule has 102 valence electrons. The normalized spacial score (nSPS) is 13.6. The summed E-state index contributed by atoms with van der Waals surface area (Å²) in [6.07, 6.45) is 2.37. The van der Waals surface area contributed by atoms with Crippen molar-refractivity contribution in [2.45, 2.75) is 32.7 Å². The first-order chi connectivity index (χ1) is 9.06. The molecule has 1 saturated carbocycles. The first-order valence-corrected chi connectivity index (χ1v) is 7.07. The summed E-state index contributed by atoms with van der Waals surface area (Å²) in [6.45, 7) is 4.09. The predicted molar refractivity (Wildman–Crippen MR) is 87.2 cm³/mol. The highest BCUT2D eigenvalue weighted by molar-refractivity contribution is 7.80. The SMILES string of the molecule is Cc1cccc(C)c1NC(=S)NNC(=S)NC1CC1. The lowest BCUT2D eigenvalue weighted by Gasteiger charge is -2.16. The number of benzene rings is 1. The highest BCUT2D eigenvalue weighted by atomic mass is 32.1. The molecule has 1 aromatic carbocycles. The Kier molecular flexibility index (Phi) is 4.55. The maximum Gasteiger partial charge on any atom is 0.189 e. The first-order valence-electron chi connectivity index (χ1n) is 6.26. The average molecular weight is 294 g/mol. The molecule has 1 fully saturated rings. The van der Waals surface area contributed by atoms with Crippen molar-refractivity contribution in [2.75, 3.05) is 5.32 Å². The van der Waals surface area contributed by atoms with E-state index >= 15 is 0 Å². The smallest absolute Gasteiger partial charge is 0.189 e. The van der Waals surface area contributed by atoms with Gasteiger partial charge in [-0.2, -0.15) is 0 Å². The molecular weight excluding hydrogens is 276 g/mol. The van der Waals surface area contributed by atoms with Gasteiger partial charge in [-0.05, 0) is 62.3 Å². The van der Waals surface area contributed by atoms with Crippen molar-refractivity contribution >= 4 is 40.3 Å². The molecule has 6 heteroatoms. The monoisotopic (exact) mass is 294 g/mol. The summed E-state index contributed by atoms with van der Waals surface area (Å²) < 4.78 is 0. The topological polar surface area (TPSA) is 48.1 Å². The number of anilines is 1. The second kappa shape index (κ2) is 6.16. The van der Waals surface area contributed by atoms with Gasteiger partial charge in [-0.1, -0.05) is 18.2 Å². The maximum absolute atomic E-state index is 5.23. The second-order valence-electron chi connectivity index (χ2n) is 4.72. The van der Waals surface area contributed by atoms with E-state index in [1.165, 1.54) is 12.8 Å². The Morgan fingerprint density at radius 3 is 2.21 bits per heavy atom. The summed E-state index contributed by atoms with van der Waals surface area (Å²) in [5.74, 6) is 0. The van der Waals surface area contributed by atoms with E-state index in [4.69, 9.17) is 24.4 Å². The van der Waals surface area contributed by atoms with E-state index in [9.17, 15) is 0 Å². The van der Waals surface area contributed by atoms with Gasteiger partial charge in [0.25, 0.3) is 0 Å². The van der Waals surface area contributed by atoms with Crippen LogP contribution in [0.25, 0.3) is 0 Å². The third-order valence-corrected chi connectivity index (χ3v) is 3.35. The molecule has 0 spiro atoms. The molecule has 0 bridgehead atoms. The molecule has 0 saturated heterocycles. The van der Waals surface area contributed by atoms with Crippen LogP contribution in [0, 0.1) is 13.8 Å². The van der Waals surface area contributed by atoms with Crippen molar-refractivity contribution in [2.24, 2.45) is 0 Å². The van der Waals surface area contributed by atoms with Gasteiger partial charge in [0.1, 0.15) is 0 Å². The highest BCUT2D eigenvalue weighted by Gasteiger charge is 2.21. The van der Waals surface area contributed by atoms with E-state index in [0.29, 0.717) is 16.3 Å². The maximum atomic E-state index is 5.23. The largest absolute Gasteiger partial charge is 0.359 e. The molecule has 4 nitrogen and oxygen atoms in total. The summed E-state index contributed by atoms with van der Waals surface area (Å²) in [4.78, 5) is 0. The van der Waals surface area contributed by atoms with Gasteiger partial charge in [-0.25, -0.2) is 0 Å². The minimum Gasteiger partial charge on any atom is -0.359 e. The van der Waals surface area contributed by atoms with Gasteiger partial charge < -0.3 is 10.6 Å². The Hall–Kier alpha value is -1.40. The molecule has 0 amide bonds. The van der Waals surface area contributed by atoms with Crippen LogP contribution in [0.1, 0.15) is 24.0 Å². The van der Waals surface area contributed by atoms with Crippen LogP contribution in [0.2, 0.25) is 0 Å². The average Bonchev–Trinajstić information content (AvgIpc) is 3.15. The van der Waals surface area contributed by atoms with Crippen LogP contribution in [0.3, 0.4) is 0 Å². The number of rotatable bonds is 2. The summed E-state index contributed by atoms with van der Waals surface area (Å²) in [6, 6.07) is 6.65. The van der Waals surface area contributed by atoms with Crippen molar-refractivity contribution in [3.8, 4) is 0 Å². The summed E-state index contributed by atoms with van der Waals surface area (Å²) in [7, 11) is 0. The molecule has 1 aromatic rings. The van der Waals surface area contributed by atoms with Gasteiger partial charge in [0, 0.05) is 11.7 Å². The number of hydrogen-bond acceptors (Lipinski definition) is 2. The van der Waals surface area contributed by atoms with Gasteiger partial charge >= 0.3 is 0 Å². The van der Waals surface area contributed by atoms with Crippen LogP contribution in [-0.2, 0) is 0 Å². The second-order valence-corrected chi connectivity index (χ2v) is 5.54. The molecular formula is C13H18N4S2. The molecule has 19 heavy (non-hydrogen) atoms. The Morgan fingerprint density at radius 1 is 1.05 bits per heavy atom. The van der Waals surface area contributed by atoms with Crippen LogP contribution in [-0.4, -0.2) is 16.3 Å². The third-order valence-electron chi connectivity index (χ3n) is 2.92. The van der Waals surface area contributed by atoms with Crippen LogP contribution in [0.15, 0.2) is 18.2 Å². The van der Waals surface area contributed by atoms with Crippen LogP contribution in [0.4, 0.5) is 5.69 Å². The van der Waals surface area contributed by atoms with Gasteiger partial charge in [-0.15, -0.1) is 0 Å². The van der Waals surface area contributed by atoms with Gasteiger partial charge in [-0.3, -0.25) is 10.9 Å². The zero-order valence-electron chi connectivity index (χ0n) is 11.0. The zero-order valence-corrected chi connectivity index (χ0v) is 12.7. The fraction of sp³-hybridized carbons (Fsp3) is 0.385. The van der Waals surface area contributed by atoms with E-state index in [-0.39, 0.29) is 0 Å². The fourth-order valence-electron chi connectivity index (χ4n) is 1.72. The standard InChI is InChI=1S/C13H18N4S2/c1-8-4-3-5-9(2)11(8)15-13(19)17-16-12(18)14-10-6-7-10/h3-5,10H,6-7H2,1-2H3,(H2,14,16,18)(H2,15,17,19). The van der Waals surface area contributed by atoms with E-state index in [1.807, 2.05) is 32.0 Å². The number of hydrogen-bond donors (Lipinski definition) is 4. The lowest BCUT2D eigenvalue weighted by molar-refractivity contribution is 0.805. The molecule has 1 aliphatic rings. The lowest BCUT2D eigenvalue weighted by atomic mass is 10.1. The molecule has 0 radical (unpaired) electrons. The van der Waals surface area contributed by atoms with Crippen molar-refractivity contribution in [3.63, 3.8) is 0 Å². The van der Waals surface area contributed by atoms with E-state index in [1.54, 1.807) is 0 Å². The summed E-state index contributed by atoms with van der Waals surface area (Å²) in [5, 5.41) is 7.41. The van der Waals surface area contributed by atoms with E-state index in [0.717, 1.165) is 16.8 Å². The van der Waals surface area contributed by atoms with Crippen LogP contribution >= 0.6 is 24.4 Å². The van der Waals surface area contributed by atoms with Crippen LogP contribution in [0.5, 0.6) is 0 Å². The Morgan fingerprint density at radius 2 is 1.63 bits per heavy atom. The fourth-order valence-corrected chi connectivity index (χ4v) is 2.09. The van der Waals surface area contributed by atoms with Crippen molar-refractivity contribution in [3.05, 3.63) is 29.3 Å². The van der Waals surface area contributed by atoms with E-state index < -0.39 is 0 Å². The van der Waals surface area contributed by atoms with Crippen molar-refractivity contribution < 1.29 is 0 Å². The minimum absolute atomic E-state index is 0.498. The number of hydrazine groups is 1. The predicted octanol–water partition coefficient (Wildman–Crippen LogP) is 2.13. The molecule has 1 aliphatic carbocycles. The Balaban J connectivity index is 1.81.